The predicted molar refractivity (Wildman–Crippen MR) is 89.9 cm³/mol. The summed E-state index contributed by atoms with van der Waals surface area (Å²) in [4.78, 5) is 38.8. The normalized spacial score (nSPS) is 14.4. The number of aliphatic imine (C=N–C) groups is 1. The van der Waals surface area contributed by atoms with Gasteiger partial charge in [-0.05, 0) is 25.7 Å². The Balaban J connectivity index is 4.52. The molecule has 0 bridgehead atoms. The van der Waals surface area contributed by atoms with E-state index in [-0.39, 0.29) is 24.8 Å². The molecule has 0 fully saturated rings. The summed E-state index contributed by atoms with van der Waals surface area (Å²) >= 11 is 0. The van der Waals surface area contributed by atoms with E-state index >= 15 is 0 Å². The summed E-state index contributed by atoms with van der Waals surface area (Å²) < 4.78 is 0. The van der Waals surface area contributed by atoms with Crippen LogP contribution in [0.2, 0.25) is 0 Å². The van der Waals surface area contributed by atoms with Crippen LogP contribution < -0.4 is 27.8 Å². The monoisotopic (exact) mass is 344 g/mol. The number of carboxylic acids is 1. The standard InChI is InChI=1S/C14H28N6O4/c1-7(2)10(15)12(22)19-8(3)11(21)20-9(13(23)24)5-4-6-18-14(16)17/h7-10H,4-6,15H2,1-3H3,(H,19,22)(H,20,21)(H,23,24)(H4,16,17,18)/t8-,9+,10+/m0/s1. The van der Waals surface area contributed by atoms with Gasteiger partial charge in [-0.25, -0.2) is 4.79 Å². The minimum atomic E-state index is -1.18. The van der Waals surface area contributed by atoms with E-state index in [1.54, 1.807) is 13.8 Å². The third-order valence-corrected chi connectivity index (χ3v) is 3.33. The van der Waals surface area contributed by atoms with Crippen LogP contribution in [0.25, 0.3) is 0 Å². The first-order chi connectivity index (χ1) is 11.1. The molecule has 10 nitrogen and oxygen atoms in total. The van der Waals surface area contributed by atoms with Gasteiger partial charge in [-0.1, -0.05) is 13.8 Å². The molecule has 0 heterocycles. The highest BCUT2D eigenvalue weighted by Crippen LogP contribution is 2.01. The minimum absolute atomic E-state index is 0.0799. The molecule has 138 valence electrons. The van der Waals surface area contributed by atoms with E-state index in [0.29, 0.717) is 6.42 Å². The number of nitrogens with one attached hydrogen (secondary N) is 2. The highest BCUT2D eigenvalue weighted by molar-refractivity contribution is 5.91. The summed E-state index contributed by atoms with van der Waals surface area (Å²) in [5.41, 5.74) is 16.0. The lowest BCUT2D eigenvalue weighted by Crippen LogP contribution is -2.54. The zero-order valence-electron chi connectivity index (χ0n) is 14.3. The third-order valence-electron chi connectivity index (χ3n) is 3.33. The van der Waals surface area contributed by atoms with Crippen molar-refractivity contribution in [2.24, 2.45) is 28.1 Å². The molecule has 10 heteroatoms. The molecule has 0 aliphatic rings. The fraction of sp³-hybridized carbons (Fsp3) is 0.714. The van der Waals surface area contributed by atoms with Crippen LogP contribution in [0.5, 0.6) is 0 Å². The van der Waals surface area contributed by atoms with Gasteiger partial charge in [0.1, 0.15) is 12.1 Å². The second-order valence-corrected chi connectivity index (χ2v) is 5.85. The maximum absolute atomic E-state index is 12.0. The number of guanidine groups is 1. The minimum Gasteiger partial charge on any atom is -0.480 e. The Bertz CT molecular complexity index is 476. The Morgan fingerprint density at radius 2 is 1.67 bits per heavy atom. The fourth-order valence-corrected chi connectivity index (χ4v) is 1.74. The number of rotatable bonds is 10. The molecule has 9 N–H and O–H groups in total. The molecule has 0 radical (unpaired) electrons. The summed E-state index contributed by atoms with van der Waals surface area (Å²) in [5, 5.41) is 14.0. The lowest BCUT2D eigenvalue weighted by molar-refractivity contribution is -0.142. The number of amides is 2. The molecule has 0 unspecified atom stereocenters. The number of carbonyl (C=O) groups excluding carboxylic acids is 2. The molecule has 2 amide bonds. The number of hydrogen-bond donors (Lipinski definition) is 6. The van der Waals surface area contributed by atoms with Gasteiger partial charge in [0.15, 0.2) is 5.96 Å². The number of nitrogens with two attached hydrogens (primary N) is 3. The number of carboxylic acid groups (broad SMARTS) is 1. The van der Waals surface area contributed by atoms with Crippen molar-refractivity contribution in [3.63, 3.8) is 0 Å². The van der Waals surface area contributed by atoms with Crippen LogP contribution in [0.3, 0.4) is 0 Å². The zero-order valence-corrected chi connectivity index (χ0v) is 14.3. The molecule has 0 aliphatic heterocycles. The lowest BCUT2D eigenvalue weighted by Gasteiger charge is -2.21. The van der Waals surface area contributed by atoms with Crippen molar-refractivity contribution >= 4 is 23.7 Å². The largest absolute Gasteiger partial charge is 0.480 e. The molecule has 0 aromatic heterocycles. The van der Waals surface area contributed by atoms with E-state index < -0.39 is 35.9 Å². The summed E-state index contributed by atoms with van der Waals surface area (Å²) in [6.45, 7) is 5.29. The molecule has 0 rings (SSSR count). The fourth-order valence-electron chi connectivity index (χ4n) is 1.74. The Kier molecular flexibility index (Phi) is 9.40. The average Bonchev–Trinajstić information content (AvgIpc) is 2.48. The highest BCUT2D eigenvalue weighted by Gasteiger charge is 2.25. The van der Waals surface area contributed by atoms with Crippen LogP contribution >= 0.6 is 0 Å². The molecule has 0 aromatic carbocycles. The lowest BCUT2D eigenvalue weighted by atomic mass is 10.0. The van der Waals surface area contributed by atoms with E-state index in [0.717, 1.165) is 0 Å². The van der Waals surface area contributed by atoms with Crippen molar-refractivity contribution in [1.82, 2.24) is 10.6 Å². The number of hydrogen-bond acceptors (Lipinski definition) is 5. The van der Waals surface area contributed by atoms with Crippen LogP contribution in [-0.4, -0.2) is 53.5 Å². The van der Waals surface area contributed by atoms with Crippen molar-refractivity contribution < 1.29 is 19.5 Å². The van der Waals surface area contributed by atoms with E-state index in [4.69, 9.17) is 22.3 Å². The Hall–Kier alpha value is -2.36. The van der Waals surface area contributed by atoms with E-state index in [1.807, 2.05) is 0 Å². The number of carbonyl (C=O) groups is 3. The zero-order chi connectivity index (χ0) is 18.9. The first kappa shape index (κ1) is 21.6. The van der Waals surface area contributed by atoms with Gasteiger partial charge >= 0.3 is 5.97 Å². The van der Waals surface area contributed by atoms with Gasteiger partial charge in [-0.3, -0.25) is 14.6 Å². The van der Waals surface area contributed by atoms with Gasteiger partial charge in [-0.2, -0.15) is 0 Å². The molecule has 24 heavy (non-hydrogen) atoms. The van der Waals surface area contributed by atoms with Gasteiger partial charge in [-0.15, -0.1) is 0 Å². The number of nitrogens with zero attached hydrogens (tertiary/aromatic N) is 1. The van der Waals surface area contributed by atoms with E-state index in [2.05, 4.69) is 15.6 Å². The maximum atomic E-state index is 12.0. The van der Waals surface area contributed by atoms with Crippen molar-refractivity contribution in [2.45, 2.75) is 51.7 Å². The van der Waals surface area contributed by atoms with Gasteiger partial charge in [0.2, 0.25) is 11.8 Å². The summed E-state index contributed by atoms with van der Waals surface area (Å²) in [6, 6.07) is -2.73. The Labute approximate surface area is 141 Å². The molecule has 0 aromatic rings. The molecule has 0 spiro atoms. The van der Waals surface area contributed by atoms with Crippen LogP contribution in [-0.2, 0) is 14.4 Å². The predicted octanol–water partition coefficient (Wildman–Crippen LogP) is -1.90. The second-order valence-electron chi connectivity index (χ2n) is 5.85. The molecule has 0 aliphatic carbocycles. The van der Waals surface area contributed by atoms with Gasteiger partial charge < -0.3 is 32.9 Å². The van der Waals surface area contributed by atoms with E-state index in [9.17, 15) is 14.4 Å². The summed E-state index contributed by atoms with van der Waals surface area (Å²) in [5.74, 6) is -2.41. The smallest absolute Gasteiger partial charge is 0.326 e. The van der Waals surface area contributed by atoms with Crippen LogP contribution in [0.1, 0.15) is 33.6 Å². The Morgan fingerprint density at radius 3 is 2.12 bits per heavy atom. The van der Waals surface area contributed by atoms with Gasteiger partial charge in [0.05, 0.1) is 6.04 Å². The SMILES string of the molecule is CC(C)[C@@H](N)C(=O)N[C@@H](C)C(=O)N[C@H](CCCN=C(N)N)C(=O)O. The topological polar surface area (TPSA) is 186 Å². The van der Waals surface area contributed by atoms with Gasteiger partial charge in [0, 0.05) is 6.54 Å². The maximum Gasteiger partial charge on any atom is 0.326 e. The molecular formula is C14H28N6O4. The molecule has 0 saturated carbocycles. The molecule has 0 saturated heterocycles. The average molecular weight is 344 g/mol. The second kappa shape index (κ2) is 10.4. The highest BCUT2D eigenvalue weighted by atomic mass is 16.4. The summed E-state index contributed by atoms with van der Waals surface area (Å²) in [7, 11) is 0. The van der Waals surface area contributed by atoms with Crippen molar-refractivity contribution in [3.8, 4) is 0 Å². The van der Waals surface area contributed by atoms with Gasteiger partial charge in [0.25, 0.3) is 0 Å². The van der Waals surface area contributed by atoms with Crippen molar-refractivity contribution in [1.29, 1.82) is 0 Å². The quantitative estimate of drug-likeness (QED) is 0.152. The van der Waals surface area contributed by atoms with Crippen LogP contribution in [0.4, 0.5) is 0 Å². The number of aliphatic carboxylic acids is 1. The Morgan fingerprint density at radius 1 is 1.08 bits per heavy atom. The van der Waals surface area contributed by atoms with Crippen molar-refractivity contribution in [3.05, 3.63) is 0 Å². The molecular weight excluding hydrogens is 316 g/mol. The van der Waals surface area contributed by atoms with Crippen LogP contribution in [0, 0.1) is 5.92 Å². The van der Waals surface area contributed by atoms with Crippen molar-refractivity contribution in [2.75, 3.05) is 6.54 Å². The first-order valence-electron chi connectivity index (χ1n) is 7.70. The van der Waals surface area contributed by atoms with E-state index in [1.165, 1.54) is 6.92 Å². The first-order valence-corrected chi connectivity index (χ1v) is 7.70. The summed E-state index contributed by atoms with van der Waals surface area (Å²) in [6.07, 6.45) is 0.540. The van der Waals surface area contributed by atoms with Crippen LogP contribution in [0.15, 0.2) is 4.99 Å². The third kappa shape index (κ3) is 8.32. The molecule has 3 atom stereocenters.